The summed E-state index contributed by atoms with van der Waals surface area (Å²) in [5.41, 5.74) is 3.57. The number of hydrogen-bond donors (Lipinski definition) is 2. The average molecular weight is 290 g/mol. The number of esters is 1. The zero-order valence-corrected chi connectivity index (χ0v) is 9.86. The molecular weight excluding hydrogens is 281 g/mol. The number of hydrogen-bond acceptors (Lipinski definition) is 4. The second kappa shape index (κ2) is 6.04. The largest absolute Gasteiger partial charge is 0.452 e. The van der Waals surface area contributed by atoms with Gasteiger partial charge in [-0.25, -0.2) is 9.59 Å². The molecule has 0 fully saturated rings. The standard InChI is InChI=1S/C11H9F3N2O4/c12-11(13,14)7-3-1-6(2-4-7)9(18)20-5-8(17)16-10(15)19/h1-4H,5H2,(H3,15,16,17,19). The summed E-state index contributed by atoms with van der Waals surface area (Å²) in [5, 5.41) is 1.65. The molecule has 1 aromatic rings. The molecule has 6 nitrogen and oxygen atoms in total. The maximum atomic E-state index is 12.3. The first kappa shape index (κ1) is 15.5. The van der Waals surface area contributed by atoms with E-state index in [1.807, 2.05) is 0 Å². The lowest BCUT2D eigenvalue weighted by atomic mass is 10.1. The predicted octanol–water partition coefficient (Wildman–Crippen LogP) is 1.06. The molecule has 0 aliphatic heterocycles. The SMILES string of the molecule is NC(=O)NC(=O)COC(=O)c1ccc(C(F)(F)F)cc1. The Bertz CT molecular complexity index is 525. The maximum absolute atomic E-state index is 12.3. The summed E-state index contributed by atoms with van der Waals surface area (Å²) in [4.78, 5) is 32.6. The molecule has 0 radical (unpaired) electrons. The number of carbonyl (C=O) groups is 3. The number of primary amides is 1. The smallest absolute Gasteiger partial charge is 0.416 e. The number of ether oxygens (including phenoxy) is 1. The van der Waals surface area contributed by atoms with E-state index in [0.717, 1.165) is 12.1 Å². The lowest BCUT2D eigenvalue weighted by molar-refractivity contribution is -0.137. The third-order valence-corrected chi connectivity index (χ3v) is 2.04. The average Bonchev–Trinajstić information content (AvgIpc) is 2.34. The summed E-state index contributed by atoms with van der Waals surface area (Å²) in [7, 11) is 0. The first-order chi connectivity index (χ1) is 9.20. The van der Waals surface area contributed by atoms with Gasteiger partial charge in [-0.1, -0.05) is 0 Å². The van der Waals surface area contributed by atoms with E-state index >= 15 is 0 Å². The molecule has 0 saturated carbocycles. The second-order valence-electron chi connectivity index (χ2n) is 3.56. The predicted molar refractivity (Wildman–Crippen MR) is 59.5 cm³/mol. The Morgan fingerprint density at radius 2 is 1.70 bits per heavy atom. The van der Waals surface area contributed by atoms with Crippen molar-refractivity contribution in [2.24, 2.45) is 5.73 Å². The molecule has 3 N–H and O–H groups in total. The zero-order valence-electron chi connectivity index (χ0n) is 9.86. The Morgan fingerprint density at radius 3 is 2.15 bits per heavy atom. The van der Waals surface area contributed by atoms with Crippen molar-refractivity contribution >= 4 is 17.9 Å². The van der Waals surface area contributed by atoms with Gasteiger partial charge in [0.1, 0.15) is 0 Å². The number of alkyl halides is 3. The normalized spacial score (nSPS) is 10.8. The number of amides is 3. The molecule has 108 valence electrons. The van der Waals surface area contributed by atoms with Crippen LogP contribution in [-0.4, -0.2) is 24.5 Å². The van der Waals surface area contributed by atoms with Gasteiger partial charge >= 0.3 is 18.2 Å². The van der Waals surface area contributed by atoms with Gasteiger partial charge in [0.15, 0.2) is 6.61 Å². The van der Waals surface area contributed by atoms with Crippen molar-refractivity contribution in [3.8, 4) is 0 Å². The van der Waals surface area contributed by atoms with Gasteiger partial charge in [-0.05, 0) is 24.3 Å². The fourth-order valence-electron chi connectivity index (χ4n) is 1.18. The molecule has 0 aliphatic rings. The molecule has 0 saturated heterocycles. The van der Waals surface area contributed by atoms with Crippen molar-refractivity contribution in [3.05, 3.63) is 35.4 Å². The number of carbonyl (C=O) groups excluding carboxylic acids is 3. The van der Waals surface area contributed by atoms with Gasteiger partial charge in [-0.2, -0.15) is 13.2 Å². The summed E-state index contributed by atoms with van der Waals surface area (Å²) in [6, 6.07) is 2.13. The molecule has 0 unspecified atom stereocenters. The van der Waals surface area contributed by atoms with Crippen LogP contribution in [0.4, 0.5) is 18.0 Å². The summed E-state index contributed by atoms with van der Waals surface area (Å²) in [5.74, 6) is -1.95. The summed E-state index contributed by atoms with van der Waals surface area (Å²) in [6.45, 7) is -0.775. The van der Waals surface area contributed by atoms with Crippen molar-refractivity contribution in [2.75, 3.05) is 6.61 Å². The minimum Gasteiger partial charge on any atom is -0.452 e. The van der Waals surface area contributed by atoms with Crippen molar-refractivity contribution in [3.63, 3.8) is 0 Å². The lowest BCUT2D eigenvalue weighted by Gasteiger charge is -2.07. The van der Waals surface area contributed by atoms with E-state index in [1.165, 1.54) is 0 Å². The highest BCUT2D eigenvalue weighted by Crippen LogP contribution is 2.29. The minimum absolute atomic E-state index is 0.162. The van der Waals surface area contributed by atoms with Gasteiger partial charge < -0.3 is 10.5 Å². The number of benzene rings is 1. The van der Waals surface area contributed by atoms with E-state index in [4.69, 9.17) is 0 Å². The van der Waals surface area contributed by atoms with Crippen LogP contribution in [0.5, 0.6) is 0 Å². The number of halogens is 3. The fourth-order valence-corrected chi connectivity index (χ4v) is 1.18. The van der Waals surface area contributed by atoms with Gasteiger partial charge in [0.25, 0.3) is 5.91 Å². The monoisotopic (exact) mass is 290 g/mol. The number of rotatable bonds is 3. The van der Waals surface area contributed by atoms with Crippen LogP contribution in [0.25, 0.3) is 0 Å². The lowest BCUT2D eigenvalue weighted by Crippen LogP contribution is -2.37. The van der Waals surface area contributed by atoms with Crippen LogP contribution in [0, 0.1) is 0 Å². The minimum atomic E-state index is -4.51. The molecule has 3 amide bonds. The Labute approximate surface area is 110 Å². The van der Waals surface area contributed by atoms with Crippen LogP contribution < -0.4 is 11.1 Å². The molecule has 0 aliphatic carbocycles. The summed E-state index contributed by atoms with van der Waals surface area (Å²) < 4.78 is 41.3. The highest BCUT2D eigenvalue weighted by Gasteiger charge is 2.30. The third kappa shape index (κ3) is 4.59. The van der Waals surface area contributed by atoms with Crippen LogP contribution in [0.15, 0.2) is 24.3 Å². The maximum Gasteiger partial charge on any atom is 0.416 e. The van der Waals surface area contributed by atoms with Crippen molar-refractivity contribution in [2.45, 2.75) is 6.18 Å². The Morgan fingerprint density at radius 1 is 1.15 bits per heavy atom. The number of nitrogens with two attached hydrogens (primary N) is 1. The van der Waals surface area contributed by atoms with Gasteiger partial charge in [0.2, 0.25) is 0 Å². The molecule has 9 heteroatoms. The summed E-state index contributed by atoms with van der Waals surface area (Å²) in [6.07, 6.45) is -4.51. The van der Waals surface area contributed by atoms with Gasteiger partial charge in [0, 0.05) is 0 Å². The van der Waals surface area contributed by atoms with Crippen molar-refractivity contribution in [1.82, 2.24) is 5.32 Å². The van der Waals surface area contributed by atoms with Crippen LogP contribution in [0.1, 0.15) is 15.9 Å². The van der Waals surface area contributed by atoms with Crippen molar-refractivity contribution < 1.29 is 32.3 Å². The number of imide groups is 1. The van der Waals surface area contributed by atoms with E-state index in [2.05, 4.69) is 10.5 Å². The van der Waals surface area contributed by atoms with E-state index in [0.29, 0.717) is 12.1 Å². The van der Waals surface area contributed by atoms with Crippen LogP contribution in [0.3, 0.4) is 0 Å². The van der Waals surface area contributed by atoms with Gasteiger partial charge in [0.05, 0.1) is 11.1 Å². The van der Waals surface area contributed by atoms with Crippen LogP contribution >= 0.6 is 0 Å². The van der Waals surface area contributed by atoms with Gasteiger partial charge in [-0.3, -0.25) is 10.1 Å². The highest BCUT2D eigenvalue weighted by atomic mass is 19.4. The van der Waals surface area contributed by atoms with Gasteiger partial charge in [-0.15, -0.1) is 0 Å². The van der Waals surface area contributed by atoms with Crippen molar-refractivity contribution in [1.29, 1.82) is 0 Å². The van der Waals surface area contributed by atoms with E-state index in [-0.39, 0.29) is 5.56 Å². The molecular formula is C11H9F3N2O4. The molecule has 0 heterocycles. The number of urea groups is 1. The first-order valence-corrected chi connectivity index (χ1v) is 5.14. The topological polar surface area (TPSA) is 98.5 Å². The van der Waals surface area contributed by atoms with Crippen LogP contribution in [-0.2, 0) is 15.7 Å². The first-order valence-electron chi connectivity index (χ1n) is 5.14. The zero-order chi connectivity index (χ0) is 15.3. The molecule has 0 bridgehead atoms. The molecule has 20 heavy (non-hydrogen) atoms. The Kier molecular flexibility index (Phi) is 4.68. The fraction of sp³-hybridized carbons (Fsp3) is 0.182. The molecule has 0 spiro atoms. The molecule has 1 aromatic carbocycles. The second-order valence-corrected chi connectivity index (χ2v) is 3.56. The highest BCUT2D eigenvalue weighted by molar-refractivity contribution is 5.96. The van der Waals surface area contributed by atoms with E-state index in [1.54, 1.807) is 5.32 Å². The summed E-state index contributed by atoms with van der Waals surface area (Å²) >= 11 is 0. The third-order valence-electron chi connectivity index (χ3n) is 2.04. The Hall–Kier alpha value is -2.58. The molecule has 0 atom stereocenters. The Balaban J connectivity index is 2.60. The molecule has 1 rings (SSSR count). The quantitative estimate of drug-likeness (QED) is 0.813. The van der Waals surface area contributed by atoms with Crippen LogP contribution in [0.2, 0.25) is 0 Å². The molecule has 0 aromatic heterocycles. The van der Waals surface area contributed by atoms with E-state index < -0.39 is 36.3 Å². The number of nitrogens with one attached hydrogen (secondary N) is 1. The van der Waals surface area contributed by atoms with E-state index in [9.17, 15) is 27.6 Å².